The first kappa shape index (κ1) is 39.8. The van der Waals surface area contributed by atoms with Crippen LogP contribution < -0.4 is 19.7 Å². The van der Waals surface area contributed by atoms with Crippen molar-refractivity contribution in [1.29, 1.82) is 0 Å². The number of rotatable bonds is 17. The van der Waals surface area contributed by atoms with E-state index >= 15 is 0 Å². The van der Waals surface area contributed by atoms with Crippen LogP contribution in [0.1, 0.15) is 80.8 Å². The molecule has 2 heterocycles. The standard InChI is InChI=1S/C41H61ClN4O4S/c1-7-9-17-41(48-5,29-43-18-19-45-20-22-49-23-21-45)37-15-11-33(37)26-46-27-34(36-14-13-35(42)24-31(36)10-8-2)28-50-39-16-12-32(25-38(39)46)40(47)44-51(6)30(3)4/h9,12-14,16-17,24-25,30,33-34,37,43H,6-8,10-11,15,18-23,26-29H2,1-5H3,(H,44,47)/b17-9+/t33?,34?,37?,41-,51?/m1/s1. The van der Waals surface area contributed by atoms with Gasteiger partial charge in [-0.1, -0.05) is 80.5 Å². The Balaban J connectivity index is 1.42. The Morgan fingerprint density at radius 3 is 2.67 bits per heavy atom. The Morgan fingerprint density at radius 2 is 1.98 bits per heavy atom. The molecule has 2 fully saturated rings. The number of carbonyl (C=O) groups excluding carboxylic acids is 1. The Kier molecular flexibility index (Phi) is 14.9. The lowest BCUT2D eigenvalue weighted by molar-refractivity contribution is -0.0733. The predicted octanol–water partition coefficient (Wildman–Crippen LogP) is 7.33. The number of ether oxygens (including phenoxy) is 3. The first-order valence-electron chi connectivity index (χ1n) is 19.1. The number of fused-ring (bicyclic) bond motifs is 1. The maximum absolute atomic E-state index is 13.5. The highest BCUT2D eigenvalue weighted by Gasteiger charge is 2.47. The third kappa shape index (κ3) is 10.2. The molecule has 5 atom stereocenters. The number of anilines is 1. The van der Waals surface area contributed by atoms with Gasteiger partial charge < -0.3 is 29.1 Å². The molecule has 2 aliphatic heterocycles. The molecule has 51 heavy (non-hydrogen) atoms. The van der Waals surface area contributed by atoms with E-state index < -0.39 is 16.3 Å². The van der Waals surface area contributed by atoms with Crippen molar-refractivity contribution < 1.29 is 19.0 Å². The molecule has 0 spiro atoms. The summed E-state index contributed by atoms with van der Waals surface area (Å²) in [6.45, 7) is 17.1. The van der Waals surface area contributed by atoms with Gasteiger partial charge in [-0.25, -0.2) is 0 Å². The zero-order valence-corrected chi connectivity index (χ0v) is 33.1. The van der Waals surface area contributed by atoms with Crippen molar-refractivity contribution in [3.8, 4) is 5.75 Å². The first-order chi connectivity index (χ1) is 24.7. The largest absolute Gasteiger partial charge is 0.491 e. The number of allylic oxidation sites excluding steroid dienone is 1. The maximum atomic E-state index is 13.5. The summed E-state index contributed by atoms with van der Waals surface area (Å²) >= 11 is 6.50. The number of morpholine rings is 1. The zero-order valence-electron chi connectivity index (χ0n) is 31.6. The number of halogens is 1. The molecule has 0 aromatic heterocycles. The van der Waals surface area contributed by atoms with Gasteiger partial charge in [0.2, 0.25) is 0 Å². The van der Waals surface area contributed by atoms with Gasteiger partial charge in [-0.05, 0) is 79.0 Å². The third-order valence-electron chi connectivity index (χ3n) is 10.9. The van der Waals surface area contributed by atoms with E-state index in [9.17, 15) is 4.79 Å². The van der Waals surface area contributed by atoms with Crippen LogP contribution in [0.4, 0.5) is 5.69 Å². The highest BCUT2D eigenvalue weighted by molar-refractivity contribution is 8.13. The molecule has 1 saturated carbocycles. The summed E-state index contributed by atoms with van der Waals surface area (Å²) in [6.07, 6.45) is 9.81. The van der Waals surface area contributed by atoms with Crippen LogP contribution in [0, 0.1) is 11.8 Å². The van der Waals surface area contributed by atoms with Crippen molar-refractivity contribution in [2.45, 2.75) is 76.6 Å². The second-order valence-corrected chi connectivity index (χ2v) is 17.1. The predicted molar refractivity (Wildman–Crippen MR) is 215 cm³/mol. The second kappa shape index (κ2) is 19.1. The van der Waals surface area contributed by atoms with E-state index in [1.165, 1.54) is 11.1 Å². The summed E-state index contributed by atoms with van der Waals surface area (Å²) in [5.74, 6) is 5.81. The molecular weight excluding hydrogens is 680 g/mol. The fourth-order valence-electron chi connectivity index (χ4n) is 7.73. The molecule has 1 saturated heterocycles. The zero-order chi connectivity index (χ0) is 36.4. The van der Waals surface area contributed by atoms with Gasteiger partial charge in [-0.3, -0.25) is 9.69 Å². The van der Waals surface area contributed by atoms with E-state index in [1.54, 1.807) is 0 Å². The minimum Gasteiger partial charge on any atom is -0.491 e. The minimum absolute atomic E-state index is 0.0960. The van der Waals surface area contributed by atoms with E-state index in [1.807, 2.05) is 31.4 Å². The van der Waals surface area contributed by atoms with Crippen molar-refractivity contribution in [3.63, 3.8) is 0 Å². The Hall–Kier alpha value is -2.40. The molecule has 0 bridgehead atoms. The summed E-state index contributed by atoms with van der Waals surface area (Å²) in [4.78, 5) is 18.4. The van der Waals surface area contributed by atoms with E-state index in [-0.39, 0.29) is 17.1 Å². The number of nitrogens with zero attached hydrogens (tertiary/aromatic N) is 2. The lowest BCUT2D eigenvalue weighted by Gasteiger charge is -2.50. The van der Waals surface area contributed by atoms with Gasteiger partial charge in [-0.15, -0.1) is 0 Å². The molecule has 2 N–H and O–H groups in total. The molecule has 8 nitrogen and oxygen atoms in total. The number of hydrogen-bond acceptors (Lipinski definition) is 7. The fourth-order valence-corrected chi connectivity index (χ4v) is 8.52. The van der Waals surface area contributed by atoms with Gasteiger partial charge in [-0.2, -0.15) is 0 Å². The smallest absolute Gasteiger partial charge is 0.260 e. The molecular formula is C41H61ClN4O4S. The number of hydrogen-bond donors (Lipinski definition) is 2. The van der Waals surface area contributed by atoms with Crippen LogP contribution in [0.25, 0.3) is 0 Å². The van der Waals surface area contributed by atoms with Crippen LogP contribution in [0.3, 0.4) is 0 Å². The van der Waals surface area contributed by atoms with E-state index in [0.29, 0.717) is 24.0 Å². The van der Waals surface area contributed by atoms with Crippen molar-refractivity contribution in [2.24, 2.45) is 11.8 Å². The topological polar surface area (TPSA) is 75.3 Å². The van der Waals surface area contributed by atoms with Gasteiger partial charge in [0.05, 0.1) is 25.5 Å². The summed E-state index contributed by atoms with van der Waals surface area (Å²) in [5.41, 5.74) is 3.79. The summed E-state index contributed by atoms with van der Waals surface area (Å²) in [5, 5.41) is 4.81. The fraction of sp³-hybridized carbons (Fsp3) is 0.610. The average Bonchev–Trinajstić information content (AvgIpc) is 3.30. The van der Waals surface area contributed by atoms with Crippen LogP contribution >= 0.6 is 22.3 Å². The van der Waals surface area contributed by atoms with Gasteiger partial charge in [0, 0.05) is 74.7 Å². The maximum Gasteiger partial charge on any atom is 0.260 e. The van der Waals surface area contributed by atoms with Crippen LogP contribution in [0.2, 0.25) is 5.02 Å². The molecule has 282 valence electrons. The minimum atomic E-state index is -0.469. The van der Waals surface area contributed by atoms with E-state index in [4.69, 9.17) is 25.8 Å². The number of amides is 1. The van der Waals surface area contributed by atoms with E-state index in [0.717, 1.165) is 108 Å². The van der Waals surface area contributed by atoms with Crippen molar-refractivity contribution in [2.75, 3.05) is 77.6 Å². The van der Waals surface area contributed by atoms with Crippen LogP contribution in [-0.2, 0) is 15.9 Å². The lowest BCUT2D eigenvalue weighted by atomic mass is 9.64. The van der Waals surface area contributed by atoms with Crippen molar-refractivity contribution in [1.82, 2.24) is 14.9 Å². The number of nitrogens with one attached hydrogen (secondary N) is 2. The molecule has 3 aliphatic rings. The summed E-state index contributed by atoms with van der Waals surface area (Å²) < 4.78 is 21.8. The Labute approximate surface area is 314 Å². The van der Waals surface area contributed by atoms with Crippen molar-refractivity contribution in [3.05, 3.63) is 70.3 Å². The highest BCUT2D eigenvalue weighted by Crippen LogP contribution is 2.47. The second-order valence-electron chi connectivity index (χ2n) is 14.6. The first-order valence-corrected chi connectivity index (χ1v) is 20.9. The van der Waals surface area contributed by atoms with Gasteiger partial charge >= 0.3 is 0 Å². The van der Waals surface area contributed by atoms with Crippen LogP contribution in [0.5, 0.6) is 5.75 Å². The Morgan fingerprint density at radius 1 is 1.18 bits per heavy atom. The lowest BCUT2D eigenvalue weighted by Crippen LogP contribution is -2.56. The third-order valence-corrected chi connectivity index (χ3v) is 12.7. The number of methoxy groups -OCH3 is 1. The van der Waals surface area contributed by atoms with Gasteiger partial charge in [0.1, 0.15) is 11.4 Å². The van der Waals surface area contributed by atoms with Gasteiger partial charge in [0.25, 0.3) is 5.91 Å². The molecule has 1 amide bonds. The number of carbonyl (C=O) groups is 1. The van der Waals surface area contributed by atoms with Gasteiger partial charge in [0.15, 0.2) is 0 Å². The molecule has 4 unspecified atom stereocenters. The molecule has 5 rings (SSSR count). The molecule has 1 aliphatic carbocycles. The van der Waals surface area contributed by atoms with Crippen molar-refractivity contribution >= 4 is 39.7 Å². The van der Waals surface area contributed by atoms with E-state index in [2.05, 4.69) is 77.7 Å². The molecule has 0 radical (unpaired) electrons. The number of benzene rings is 2. The monoisotopic (exact) mass is 740 g/mol. The molecule has 10 heteroatoms. The highest BCUT2D eigenvalue weighted by atomic mass is 35.5. The number of aryl methyl sites for hydroxylation is 1. The quantitative estimate of drug-likeness (QED) is 0.100. The summed E-state index contributed by atoms with van der Waals surface area (Å²) in [7, 11) is 1.40. The SMILES string of the molecule is C=S(NC(=O)c1ccc2c(c1)N(CC1CCC1[C@@](/C=C/CC)(CNCCN1CCOCC1)OC)CC(c1ccc(Cl)cc1CCC)CO2)C(C)C. The summed E-state index contributed by atoms with van der Waals surface area (Å²) in [6, 6.07) is 12.2. The molecule has 2 aromatic carbocycles. The van der Waals surface area contributed by atoms with Crippen LogP contribution in [0.15, 0.2) is 48.6 Å². The normalized spacial score (nSPS) is 22.9. The van der Waals surface area contributed by atoms with Crippen LogP contribution in [-0.4, -0.2) is 100 Å². The average molecular weight is 741 g/mol. The Bertz CT molecular complexity index is 1500. The molecule has 2 aromatic rings.